The average Bonchev–Trinajstić information content (AvgIpc) is 2.60. The summed E-state index contributed by atoms with van der Waals surface area (Å²) in [5.41, 5.74) is 6.46. The van der Waals surface area contributed by atoms with Gasteiger partial charge in [0.25, 0.3) is 0 Å². The summed E-state index contributed by atoms with van der Waals surface area (Å²) in [4.78, 5) is 36.1. The number of benzene rings is 1. The van der Waals surface area contributed by atoms with Crippen LogP contribution in [0.25, 0.3) is 0 Å². The molecule has 0 radical (unpaired) electrons. The van der Waals surface area contributed by atoms with Crippen LogP contribution in [0.15, 0.2) is 30.3 Å². The maximum absolute atomic E-state index is 12.7. The van der Waals surface area contributed by atoms with Crippen molar-refractivity contribution in [3.05, 3.63) is 35.9 Å². The van der Waals surface area contributed by atoms with Crippen molar-refractivity contribution >= 4 is 17.7 Å². The van der Waals surface area contributed by atoms with Gasteiger partial charge in [0, 0.05) is 13.3 Å². The van der Waals surface area contributed by atoms with Gasteiger partial charge in [-0.25, -0.2) is 0 Å². The second-order valence-corrected chi connectivity index (χ2v) is 6.73. The molecule has 6 nitrogen and oxygen atoms in total. The lowest BCUT2D eigenvalue weighted by atomic mass is 9.83. The molecule has 2 atom stereocenters. The fourth-order valence-electron chi connectivity index (χ4n) is 3.45. The van der Waals surface area contributed by atoms with Gasteiger partial charge in [-0.2, -0.15) is 0 Å². The molecule has 4 N–H and O–H groups in total. The van der Waals surface area contributed by atoms with Crippen molar-refractivity contribution in [2.75, 3.05) is 0 Å². The Labute approximate surface area is 148 Å². The van der Waals surface area contributed by atoms with Crippen LogP contribution in [0, 0.1) is 5.92 Å². The fourth-order valence-corrected chi connectivity index (χ4v) is 3.45. The quantitative estimate of drug-likeness (QED) is 0.694. The van der Waals surface area contributed by atoms with Crippen LogP contribution in [0.3, 0.4) is 0 Å². The van der Waals surface area contributed by atoms with Crippen molar-refractivity contribution in [3.63, 3.8) is 0 Å². The number of nitrogens with two attached hydrogens (primary N) is 1. The molecule has 25 heavy (non-hydrogen) atoms. The third-order valence-electron chi connectivity index (χ3n) is 4.70. The van der Waals surface area contributed by atoms with Crippen LogP contribution in [0.2, 0.25) is 0 Å². The van der Waals surface area contributed by atoms with Crippen molar-refractivity contribution in [1.29, 1.82) is 0 Å². The molecular weight excluding hydrogens is 318 g/mol. The van der Waals surface area contributed by atoms with E-state index in [1.54, 1.807) is 0 Å². The number of amides is 3. The summed E-state index contributed by atoms with van der Waals surface area (Å²) in [7, 11) is 0. The molecule has 2 rings (SSSR count). The van der Waals surface area contributed by atoms with E-state index < -0.39 is 18.0 Å². The Morgan fingerprint density at radius 1 is 1.08 bits per heavy atom. The van der Waals surface area contributed by atoms with E-state index in [0.29, 0.717) is 6.42 Å². The largest absolute Gasteiger partial charge is 0.368 e. The monoisotopic (exact) mass is 345 g/mol. The van der Waals surface area contributed by atoms with E-state index in [-0.39, 0.29) is 17.7 Å². The van der Waals surface area contributed by atoms with Crippen LogP contribution in [-0.2, 0) is 20.8 Å². The molecule has 0 aromatic heterocycles. The van der Waals surface area contributed by atoms with Crippen molar-refractivity contribution in [2.45, 2.75) is 57.5 Å². The third kappa shape index (κ3) is 5.89. The number of hydrogen-bond donors (Lipinski definition) is 3. The molecule has 0 heterocycles. The minimum absolute atomic E-state index is 0.0740. The fraction of sp³-hybridized carbons (Fsp3) is 0.526. The summed E-state index contributed by atoms with van der Waals surface area (Å²) in [6.07, 6.45) is 5.38. The molecule has 0 bridgehead atoms. The molecule has 3 amide bonds. The lowest BCUT2D eigenvalue weighted by Gasteiger charge is -2.30. The molecule has 0 spiro atoms. The molecule has 6 heteroatoms. The van der Waals surface area contributed by atoms with Gasteiger partial charge < -0.3 is 16.4 Å². The predicted octanol–water partition coefficient (Wildman–Crippen LogP) is 1.28. The zero-order valence-corrected chi connectivity index (χ0v) is 14.7. The van der Waals surface area contributed by atoms with E-state index in [9.17, 15) is 14.4 Å². The Morgan fingerprint density at radius 2 is 1.72 bits per heavy atom. The molecular formula is C19H27N3O3. The average molecular weight is 345 g/mol. The van der Waals surface area contributed by atoms with E-state index >= 15 is 0 Å². The lowest BCUT2D eigenvalue weighted by Crippen LogP contribution is -2.56. The van der Waals surface area contributed by atoms with Crippen LogP contribution in [0.4, 0.5) is 0 Å². The van der Waals surface area contributed by atoms with Crippen molar-refractivity contribution < 1.29 is 14.4 Å². The topological polar surface area (TPSA) is 101 Å². The van der Waals surface area contributed by atoms with E-state index in [0.717, 1.165) is 37.7 Å². The molecule has 0 saturated heterocycles. The van der Waals surface area contributed by atoms with E-state index in [4.69, 9.17) is 5.73 Å². The number of carbonyl (C=O) groups is 3. The minimum Gasteiger partial charge on any atom is -0.368 e. The van der Waals surface area contributed by atoms with Crippen molar-refractivity contribution in [1.82, 2.24) is 10.6 Å². The maximum Gasteiger partial charge on any atom is 0.243 e. The van der Waals surface area contributed by atoms with Crippen LogP contribution in [0.5, 0.6) is 0 Å². The maximum atomic E-state index is 12.7. The number of primary amides is 1. The summed E-state index contributed by atoms with van der Waals surface area (Å²) in [5.74, 6) is -1.09. The highest BCUT2D eigenvalue weighted by Crippen LogP contribution is 2.26. The molecule has 1 fully saturated rings. The summed E-state index contributed by atoms with van der Waals surface area (Å²) < 4.78 is 0. The normalized spacial score (nSPS) is 17.3. The second-order valence-electron chi connectivity index (χ2n) is 6.73. The summed E-state index contributed by atoms with van der Waals surface area (Å²) in [6, 6.07) is 8.04. The highest BCUT2D eigenvalue weighted by molar-refractivity contribution is 5.91. The highest BCUT2D eigenvalue weighted by atomic mass is 16.2. The molecule has 1 aromatic carbocycles. The minimum atomic E-state index is -0.731. The summed E-state index contributed by atoms with van der Waals surface area (Å²) >= 11 is 0. The number of carbonyl (C=O) groups excluding carboxylic acids is 3. The number of nitrogens with one attached hydrogen (secondary N) is 2. The SMILES string of the molecule is CC(=O)N[C@@H](Cc1ccccc1)C(=O)N[C@@H](C(N)=O)C1CCCCC1. The van der Waals surface area contributed by atoms with E-state index in [1.807, 2.05) is 30.3 Å². The Morgan fingerprint density at radius 3 is 2.28 bits per heavy atom. The van der Waals surface area contributed by atoms with Gasteiger partial charge in [-0.3, -0.25) is 14.4 Å². The molecule has 0 aliphatic heterocycles. The Balaban J connectivity index is 2.08. The van der Waals surface area contributed by atoms with Gasteiger partial charge in [-0.05, 0) is 24.3 Å². The summed E-state index contributed by atoms with van der Waals surface area (Å²) in [5, 5.41) is 5.46. The highest BCUT2D eigenvalue weighted by Gasteiger charge is 2.31. The van der Waals surface area contributed by atoms with Gasteiger partial charge in [0.15, 0.2) is 0 Å². The Hall–Kier alpha value is -2.37. The van der Waals surface area contributed by atoms with Crippen molar-refractivity contribution in [3.8, 4) is 0 Å². The van der Waals surface area contributed by atoms with Crippen LogP contribution in [0.1, 0.15) is 44.6 Å². The molecule has 1 aliphatic rings. The molecule has 136 valence electrons. The van der Waals surface area contributed by atoms with Gasteiger partial charge in [-0.15, -0.1) is 0 Å². The standard InChI is InChI=1S/C19H27N3O3/c1-13(23)21-16(12-14-8-4-2-5-9-14)19(25)22-17(18(20)24)15-10-6-3-7-11-15/h2,4-5,8-9,15-17H,3,6-7,10-12H2,1H3,(H2,20,24)(H,21,23)(H,22,25)/t16-,17+/m0/s1. The lowest BCUT2D eigenvalue weighted by molar-refractivity contribution is -0.131. The van der Waals surface area contributed by atoms with Crippen molar-refractivity contribution in [2.24, 2.45) is 11.7 Å². The predicted molar refractivity (Wildman–Crippen MR) is 95.5 cm³/mol. The van der Waals surface area contributed by atoms with Gasteiger partial charge in [0.1, 0.15) is 12.1 Å². The zero-order chi connectivity index (χ0) is 18.2. The molecule has 1 aromatic rings. The van der Waals surface area contributed by atoms with Crippen LogP contribution >= 0.6 is 0 Å². The first-order chi connectivity index (χ1) is 12.0. The van der Waals surface area contributed by atoms with Gasteiger partial charge in [0.2, 0.25) is 17.7 Å². The van der Waals surface area contributed by atoms with E-state index in [1.165, 1.54) is 6.92 Å². The van der Waals surface area contributed by atoms with Crippen LogP contribution < -0.4 is 16.4 Å². The van der Waals surface area contributed by atoms with Gasteiger partial charge >= 0.3 is 0 Å². The molecule has 1 aliphatic carbocycles. The summed E-state index contributed by atoms with van der Waals surface area (Å²) in [6.45, 7) is 1.37. The molecule has 0 unspecified atom stereocenters. The number of hydrogen-bond acceptors (Lipinski definition) is 3. The first-order valence-corrected chi connectivity index (χ1v) is 8.88. The Bertz CT molecular complexity index is 597. The van der Waals surface area contributed by atoms with Crippen LogP contribution in [-0.4, -0.2) is 29.8 Å². The molecule has 1 saturated carbocycles. The smallest absolute Gasteiger partial charge is 0.243 e. The Kier molecular flexibility index (Phi) is 6.98. The second kappa shape index (κ2) is 9.20. The van der Waals surface area contributed by atoms with E-state index in [2.05, 4.69) is 10.6 Å². The number of rotatable bonds is 7. The van der Waals surface area contributed by atoms with Gasteiger partial charge in [0.05, 0.1) is 0 Å². The third-order valence-corrected chi connectivity index (χ3v) is 4.70. The van der Waals surface area contributed by atoms with Gasteiger partial charge in [-0.1, -0.05) is 49.6 Å². The first-order valence-electron chi connectivity index (χ1n) is 8.88. The first kappa shape index (κ1) is 19.0. The zero-order valence-electron chi connectivity index (χ0n) is 14.7.